The first-order valence-corrected chi connectivity index (χ1v) is 6.39. The first kappa shape index (κ1) is 15.4. The Morgan fingerprint density at radius 3 is 2.74 bits per heavy atom. The molecule has 0 saturated heterocycles. The summed E-state index contributed by atoms with van der Waals surface area (Å²) in [6, 6.07) is 2.23. The van der Waals surface area contributed by atoms with E-state index in [4.69, 9.17) is 10.5 Å². The maximum Gasteiger partial charge on any atom is 0.340 e. The zero-order chi connectivity index (χ0) is 14.6. The van der Waals surface area contributed by atoms with Gasteiger partial charge >= 0.3 is 5.97 Å². The number of anilines is 1. The number of amides is 1. The van der Waals surface area contributed by atoms with Crippen molar-refractivity contribution in [3.05, 3.63) is 28.0 Å². The molecule has 0 bridgehead atoms. The number of hydrogen-bond donors (Lipinski definition) is 2. The summed E-state index contributed by atoms with van der Waals surface area (Å²) in [5, 5.41) is 2.52. The Kier molecular flexibility index (Phi) is 5.29. The Morgan fingerprint density at radius 1 is 1.53 bits per heavy atom. The highest BCUT2D eigenvalue weighted by atomic mass is 79.9. The molecule has 1 aromatic rings. The van der Waals surface area contributed by atoms with Crippen molar-refractivity contribution in [1.29, 1.82) is 0 Å². The average Bonchev–Trinajstić information content (AvgIpc) is 2.33. The molecule has 0 aliphatic heterocycles. The molecule has 0 saturated carbocycles. The Balaban J connectivity index is 2.84. The zero-order valence-corrected chi connectivity index (χ0v) is 12.1. The molecule has 3 N–H and O–H groups in total. The van der Waals surface area contributed by atoms with Crippen LogP contribution in [0.1, 0.15) is 24.2 Å². The quantitative estimate of drug-likeness (QED) is 0.651. The van der Waals surface area contributed by atoms with E-state index in [2.05, 4.69) is 21.2 Å². The number of carbonyl (C=O) groups is 2. The molecular formula is C12H14BrFN2O3. The number of benzene rings is 1. The van der Waals surface area contributed by atoms with Gasteiger partial charge in [0.15, 0.2) is 6.10 Å². The van der Waals surface area contributed by atoms with Crippen molar-refractivity contribution < 1.29 is 18.7 Å². The fourth-order valence-corrected chi connectivity index (χ4v) is 1.79. The van der Waals surface area contributed by atoms with Gasteiger partial charge in [0.2, 0.25) is 0 Å². The first-order chi connectivity index (χ1) is 8.86. The number of rotatable bonds is 4. The van der Waals surface area contributed by atoms with Gasteiger partial charge in [-0.3, -0.25) is 4.79 Å². The summed E-state index contributed by atoms with van der Waals surface area (Å²) < 4.78 is 18.3. The highest BCUT2D eigenvalue weighted by Crippen LogP contribution is 2.23. The third kappa shape index (κ3) is 3.92. The summed E-state index contributed by atoms with van der Waals surface area (Å²) in [6.45, 7) is 3.64. The Bertz CT molecular complexity index is 508. The van der Waals surface area contributed by atoms with Gasteiger partial charge in [-0.2, -0.15) is 0 Å². The standard InChI is InChI=1S/C12H14BrFN2O3/c1-3-16-11(17)6(2)19-12(18)7-4-10(15)9(14)5-8(7)13/h4-6H,3,15H2,1-2H3,(H,16,17). The number of hydrogen-bond acceptors (Lipinski definition) is 4. The van der Waals surface area contributed by atoms with E-state index in [1.165, 1.54) is 6.92 Å². The number of nitrogens with two attached hydrogens (primary N) is 1. The largest absolute Gasteiger partial charge is 0.449 e. The number of esters is 1. The second-order valence-corrected chi connectivity index (χ2v) is 4.65. The highest BCUT2D eigenvalue weighted by molar-refractivity contribution is 9.10. The van der Waals surface area contributed by atoms with Gasteiger partial charge in [-0.05, 0) is 41.9 Å². The van der Waals surface area contributed by atoms with Crippen LogP contribution in [0, 0.1) is 5.82 Å². The average molecular weight is 333 g/mol. The maximum absolute atomic E-state index is 13.1. The van der Waals surface area contributed by atoms with E-state index < -0.39 is 23.8 Å². The minimum Gasteiger partial charge on any atom is -0.449 e. The number of likely N-dealkylation sites (N-methyl/N-ethyl adjacent to an activating group) is 1. The number of nitrogens with one attached hydrogen (secondary N) is 1. The topological polar surface area (TPSA) is 81.4 Å². The molecule has 5 nitrogen and oxygen atoms in total. The Labute approximate surface area is 118 Å². The van der Waals surface area contributed by atoms with Crippen LogP contribution in [-0.2, 0) is 9.53 Å². The second-order valence-electron chi connectivity index (χ2n) is 3.80. The normalized spacial score (nSPS) is 11.8. The van der Waals surface area contributed by atoms with Crippen molar-refractivity contribution in [3.8, 4) is 0 Å². The molecule has 0 aliphatic rings. The number of halogens is 2. The van der Waals surface area contributed by atoms with Gasteiger partial charge in [0.05, 0.1) is 11.3 Å². The predicted octanol–water partition coefficient (Wildman–Crippen LogP) is 1.85. The van der Waals surface area contributed by atoms with E-state index >= 15 is 0 Å². The molecule has 1 unspecified atom stereocenters. The van der Waals surface area contributed by atoms with Crippen LogP contribution in [-0.4, -0.2) is 24.5 Å². The van der Waals surface area contributed by atoms with Crippen LogP contribution in [0.2, 0.25) is 0 Å². The van der Waals surface area contributed by atoms with Crippen LogP contribution in [0.3, 0.4) is 0 Å². The number of ether oxygens (including phenoxy) is 1. The Hall–Kier alpha value is -1.63. The smallest absolute Gasteiger partial charge is 0.340 e. The molecule has 0 spiro atoms. The van der Waals surface area contributed by atoms with E-state index in [9.17, 15) is 14.0 Å². The molecule has 0 heterocycles. The second kappa shape index (κ2) is 6.51. The van der Waals surface area contributed by atoms with Gasteiger partial charge in [-0.25, -0.2) is 9.18 Å². The van der Waals surface area contributed by atoms with E-state index in [1.807, 2.05) is 0 Å². The van der Waals surface area contributed by atoms with Crippen molar-refractivity contribution in [2.45, 2.75) is 20.0 Å². The lowest BCUT2D eigenvalue weighted by molar-refractivity contribution is -0.128. The van der Waals surface area contributed by atoms with Gasteiger partial charge in [-0.1, -0.05) is 0 Å². The lowest BCUT2D eigenvalue weighted by atomic mass is 10.2. The predicted molar refractivity (Wildman–Crippen MR) is 72.1 cm³/mol. The Morgan fingerprint density at radius 2 is 2.16 bits per heavy atom. The van der Waals surface area contributed by atoms with Crippen LogP contribution >= 0.6 is 15.9 Å². The molecule has 1 amide bonds. The van der Waals surface area contributed by atoms with Crippen molar-refractivity contribution in [1.82, 2.24) is 5.32 Å². The third-order valence-corrected chi connectivity index (χ3v) is 2.97. The lowest BCUT2D eigenvalue weighted by Crippen LogP contribution is -2.35. The summed E-state index contributed by atoms with van der Waals surface area (Å²) in [5.41, 5.74) is 5.28. The van der Waals surface area contributed by atoms with E-state index in [0.29, 0.717) is 6.54 Å². The van der Waals surface area contributed by atoms with Crippen LogP contribution < -0.4 is 11.1 Å². The van der Waals surface area contributed by atoms with E-state index in [-0.39, 0.29) is 15.7 Å². The van der Waals surface area contributed by atoms with Gasteiger partial charge < -0.3 is 15.8 Å². The van der Waals surface area contributed by atoms with Crippen molar-refractivity contribution in [2.24, 2.45) is 0 Å². The van der Waals surface area contributed by atoms with Crippen LogP contribution in [0.4, 0.5) is 10.1 Å². The SMILES string of the molecule is CCNC(=O)C(C)OC(=O)c1cc(N)c(F)cc1Br. The van der Waals surface area contributed by atoms with Crippen LogP contribution in [0.5, 0.6) is 0 Å². The molecule has 104 valence electrons. The molecule has 0 aromatic heterocycles. The monoisotopic (exact) mass is 332 g/mol. The van der Waals surface area contributed by atoms with Crippen LogP contribution in [0.15, 0.2) is 16.6 Å². The molecule has 1 atom stereocenters. The van der Waals surface area contributed by atoms with E-state index in [0.717, 1.165) is 12.1 Å². The third-order valence-electron chi connectivity index (χ3n) is 2.31. The van der Waals surface area contributed by atoms with Gasteiger partial charge in [0.1, 0.15) is 5.82 Å². The van der Waals surface area contributed by atoms with Gasteiger partial charge in [0, 0.05) is 11.0 Å². The van der Waals surface area contributed by atoms with Crippen molar-refractivity contribution in [2.75, 3.05) is 12.3 Å². The summed E-state index contributed by atoms with van der Waals surface area (Å²) in [4.78, 5) is 23.3. The molecule has 19 heavy (non-hydrogen) atoms. The van der Waals surface area contributed by atoms with Crippen molar-refractivity contribution >= 4 is 33.5 Å². The fourth-order valence-electron chi connectivity index (χ4n) is 1.32. The lowest BCUT2D eigenvalue weighted by Gasteiger charge is -2.13. The minimum atomic E-state index is -0.939. The fraction of sp³-hybridized carbons (Fsp3) is 0.333. The number of carbonyl (C=O) groups excluding carboxylic acids is 2. The van der Waals surface area contributed by atoms with E-state index in [1.54, 1.807) is 6.92 Å². The molecule has 0 aliphatic carbocycles. The maximum atomic E-state index is 13.1. The van der Waals surface area contributed by atoms with Crippen molar-refractivity contribution in [3.63, 3.8) is 0 Å². The zero-order valence-electron chi connectivity index (χ0n) is 10.5. The summed E-state index contributed by atoms with van der Waals surface area (Å²) >= 11 is 3.04. The highest BCUT2D eigenvalue weighted by Gasteiger charge is 2.21. The van der Waals surface area contributed by atoms with Gasteiger partial charge in [0.25, 0.3) is 5.91 Å². The summed E-state index contributed by atoms with van der Waals surface area (Å²) in [5.74, 6) is -1.79. The number of nitrogen functional groups attached to an aromatic ring is 1. The molecule has 1 aromatic carbocycles. The minimum absolute atomic E-state index is 0.0649. The first-order valence-electron chi connectivity index (χ1n) is 5.60. The molecule has 0 radical (unpaired) electrons. The van der Waals surface area contributed by atoms with Gasteiger partial charge in [-0.15, -0.1) is 0 Å². The summed E-state index contributed by atoms with van der Waals surface area (Å²) in [7, 11) is 0. The molecule has 7 heteroatoms. The molecule has 0 fully saturated rings. The molecule has 1 rings (SSSR count). The molecular weight excluding hydrogens is 319 g/mol. The summed E-state index contributed by atoms with van der Waals surface area (Å²) in [6.07, 6.45) is -0.939. The van der Waals surface area contributed by atoms with Crippen LogP contribution in [0.25, 0.3) is 0 Å².